The number of ether oxygens (including phenoxy) is 2. The molecule has 2 aliphatic rings. The first-order valence-corrected chi connectivity index (χ1v) is 10.0. The average molecular weight is 389 g/mol. The van der Waals surface area contributed by atoms with Gasteiger partial charge in [-0.3, -0.25) is 4.90 Å². The van der Waals surface area contributed by atoms with E-state index < -0.39 is 0 Å². The Kier molecular flexibility index (Phi) is 4.77. The van der Waals surface area contributed by atoms with Gasteiger partial charge in [-0.25, -0.2) is 9.78 Å². The van der Waals surface area contributed by atoms with E-state index in [0.29, 0.717) is 19.3 Å². The highest BCUT2D eigenvalue weighted by molar-refractivity contribution is 5.61. The van der Waals surface area contributed by atoms with Gasteiger partial charge in [0.1, 0.15) is 13.2 Å². The van der Waals surface area contributed by atoms with Crippen LogP contribution in [0.2, 0.25) is 0 Å². The molecule has 0 spiro atoms. The van der Waals surface area contributed by atoms with E-state index in [-0.39, 0.29) is 5.69 Å². The number of nitrogens with zero attached hydrogens (tertiary/aromatic N) is 2. The molecule has 2 aromatic carbocycles. The van der Waals surface area contributed by atoms with E-state index in [1.807, 2.05) is 6.07 Å². The van der Waals surface area contributed by atoms with Gasteiger partial charge in [-0.1, -0.05) is 30.3 Å². The zero-order valence-electron chi connectivity index (χ0n) is 16.1. The van der Waals surface area contributed by atoms with Gasteiger partial charge in [-0.15, -0.1) is 0 Å². The summed E-state index contributed by atoms with van der Waals surface area (Å²) in [5.41, 5.74) is 4.19. The van der Waals surface area contributed by atoms with Crippen molar-refractivity contribution in [2.24, 2.45) is 0 Å². The molecule has 5 rings (SSSR count). The fraction of sp³-hybridized carbons (Fsp3) is 0.304. The van der Waals surface area contributed by atoms with Gasteiger partial charge in [-0.2, -0.15) is 0 Å². The van der Waals surface area contributed by atoms with Crippen molar-refractivity contribution in [3.8, 4) is 22.6 Å². The predicted molar refractivity (Wildman–Crippen MR) is 110 cm³/mol. The van der Waals surface area contributed by atoms with E-state index in [2.05, 4.69) is 51.3 Å². The number of hydrogen-bond donors (Lipinski definition) is 1. The van der Waals surface area contributed by atoms with Gasteiger partial charge in [0.25, 0.3) is 0 Å². The van der Waals surface area contributed by atoms with Crippen LogP contribution in [-0.4, -0.2) is 34.6 Å². The highest BCUT2D eigenvalue weighted by atomic mass is 16.6. The van der Waals surface area contributed by atoms with Crippen LogP contribution in [0.3, 0.4) is 0 Å². The van der Waals surface area contributed by atoms with Gasteiger partial charge in [-0.05, 0) is 48.2 Å². The Balaban J connectivity index is 1.32. The fourth-order valence-corrected chi connectivity index (χ4v) is 4.20. The van der Waals surface area contributed by atoms with Crippen molar-refractivity contribution in [1.29, 1.82) is 0 Å². The van der Waals surface area contributed by atoms with Crippen molar-refractivity contribution in [2.75, 3.05) is 19.8 Å². The van der Waals surface area contributed by atoms with E-state index in [1.54, 1.807) is 12.4 Å². The molecule has 1 fully saturated rings. The highest BCUT2D eigenvalue weighted by Gasteiger charge is 2.27. The average Bonchev–Trinajstić information content (AvgIpc) is 3.23. The smallest absolute Gasteiger partial charge is 0.344 e. The Bertz CT molecular complexity index is 1040. The molecular weight excluding hydrogens is 366 g/mol. The molecule has 29 heavy (non-hydrogen) atoms. The summed E-state index contributed by atoms with van der Waals surface area (Å²) in [5.74, 6) is 1.70. The number of benzene rings is 2. The van der Waals surface area contributed by atoms with Gasteiger partial charge in [0.05, 0.1) is 0 Å². The lowest BCUT2D eigenvalue weighted by Gasteiger charge is -2.26. The summed E-state index contributed by atoms with van der Waals surface area (Å²) in [5, 5.41) is 0. The number of nitrogens with one attached hydrogen (secondary N) is 1. The lowest BCUT2D eigenvalue weighted by Crippen LogP contribution is -2.23. The number of likely N-dealkylation sites (tertiary alicyclic amines) is 1. The van der Waals surface area contributed by atoms with E-state index in [9.17, 15) is 4.79 Å². The van der Waals surface area contributed by atoms with Crippen LogP contribution in [0.15, 0.2) is 59.7 Å². The number of aromatic nitrogens is 2. The molecule has 0 amide bonds. The third-order valence-corrected chi connectivity index (χ3v) is 5.66. The largest absolute Gasteiger partial charge is 0.486 e. The molecule has 1 saturated heterocycles. The molecule has 6 nitrogen and oxygen atoms in total. The van der Waals surface area contributed by atoms with Crippen molar-refractivity contribution in [1.82, 2.24) is 14.9 Å². The van der Waals surface area contributed by atoms with Gasteiger partial charge in [0, 0.05) is 30.5 Å². The quantitative estimate of drug-likeness (QED) is 0.739. The molecule has 0 saturated carbocycles. The van der Waals surface area contributed by atoms with Crippen LogP contribution < -0.4 is 15.2 Å². The van der Waals surface area contributed by atoms with Crippen LogP contribution in [0.5, 0.6) is 11.5 Å². The number of fused-ring (bicyclic) bond motifs is 1. The molecule has 1 atom stereocenters. The minimum atomic E-state index is -0.329. The maximum atomic E-state index is 11.1. The summed E-state index contributed by atoms with van der Waals surface area (Å²) in [4.78, 5) is 20.1. The van der Waals surface area contributed by atoms with Crippen LogP contribution in [0.1, 0.15) is 30.0 Å². The Hall–Kier alpha value is -3.12. The predicted octanol–water partition coefficient (Wildman–Crippen LogP) is 3.55. The minimum Gasteiger partial charge on any atom is -0.486 e. The van der Waals surface area contributed by atoms with Crippen molar-refractivity contribution < 1.29 is 9.47 Å². The lowest BCUT2D eigenvalue weighted by molar-refractivity contribution is 0.170. The molecule has 0 unspecified atom stereocenters. The molecule has 3 heterocycles. The molecule has 148 valence electrons. The van der Waals surface area contributed by atoms with Crippen molar-refractivity contribution in [3.63, 3.8) is 0 Å². The van der Waals surface area contributed by atoms with Gasteiger partial charge in [0.2, 0.25) is 0 Å². The molecule has 1 aromatic heterocycles. The van der Waals surface area contributed by atoms with E-state index in [0.717, 1.165) is 42.1 Å². The molecular formula is C23H23N3O3. The van der Waals surface area contributed by atoms with Crippen LogP contribution in [-0.2, 0) is 6.54 Å². The SMILES string of the molecule is O=c1ncc(-c2ccc(CN3CCC[C@H]3c3ccc4c(c3)OCCO4)cc2)c[nH]1. The third kappa shape index (κ3) is 3.76. The fourth-order valence-electron chi connectivity index (χ4n) is 4.20. The maximum Gasteiger partial charge on any atom is 0.344 e. The van der Waals surface area contributed by atoms with Crippen LogP contribution in [0.4, 0.5) is 0 Å². The van der Waals surface area contributed by atoms with Gasteiger partial charge < -0.3 is 14.5 Å². The Morgan fingerprint density at radius 1 is 1.03 bits per heavy atom. The standard InChI is InChI=1S/C23H23N3O3/c27-23-24-13-19(14-25-23)17-5-3-16(4-6-17)15-26-9-1-2-20(26)18-7-8-21-22(12-18)29-11-10-28-21/h3-8,12-14,20H,1-2,9-11,15H2,(H,24,25,27)/t20-/m0/s1. The van der Waals surface area contributed by atoms with Crippen molar-refractivity contribution in [2.45, 2.75) is 25.4 Å². The second kappa shape index (κ2) is 7.72. The Morgan fingerprint density at radius 3 is 2.66 bits per heavy atom. The first kappa shape index (κ1) is 17.9. The lowest BCUT2D eigenvalue weighted by atomic mass is 10.0. The molecule has 3 aromatic rings. The second-order valence-corrected chi connectivity index (χ2v) is 7.54. The number of rotatable bonds is 4. The van der Waals surface area contributed by atoms with E-state index in [4.69, 9.17) is 9.47 Å². The Labute approximate surface area is 169 Å². The maximum absolute atomic E-state index is 11.1. The van der Waals surface area contributed by atoms with Crippen LogP contribution in [0.25, 0.3) is 11.1 Å². The monoisotopic (exact) mass is 389 g/mol. The zero-order valence-corrected chi connectivity index (χ0v) is 16.1. The summed E-state index contributed by atoms with van der Waals surface area (Å²) in [6.45, 7) is 3.23. The van der Waals surface area contributed by atoms with E-state index in [1.165, 1.54) is 17.5 Å². The molecule has 2 aliphatic heterocycles. The number of aromatic amines is 1. The zero-order chi connectivity index (χ0) is 19.6. The summed E-state index contributed by atoms with van der Waals surface area (Å²) in [6.07, 6.45) is 5.65. The first-order chi connectivity index (χ1) is 14.3. The second-order valence-electron chi connectivity index (χ2n) is 7.54. The van der Waals surface area contributed by atoms with Crippen molar-refractivity contribution >= 4 is 0 Å². The van der Waals surface area contributed by atoms with Gasteiger partial charge >= 0.3 is 5.69 Å². The molecule has 0 radical (unpaired) electrons. The number of hydrogen-bond acceptors (Lipinski definition) is 5. The molecule has 0 bridgehead atoms. The summed E-state index contributed by atoms with van der Waals surface area (Å²) < 4.78 is 11.4. The van der Waals surface area contributed by atoms with E-state index >= 15 is 0 Å². The number of H-pyrrole nitrogens is 1. The third-order valence-electron chi connectivity index (χ3n) is 5.66. The topological polar surface area (TPSA) is 67.5 Å². The van der Waals surface area contributed by atoms with Crippen LogP contribution >= 0.6 is 0 Å². The summed E-state index contributed by atoms with van der Waals surface area (Å²) in [7, 11) is 0. The normalized spacial score (nSPS) is 18.7. The molecule has 1 N–H and O–H groups in total. The minimum absolute atomic E-state index is 0.329. The summed E-state index contributed by atoms with van der Waals surface area (Å²) in [6, 6.07) is 15.2. The molecule has 6 heteroatoms. The van der Waals surface area contributed by atoms with Gasteiger partial charge in [0.15, 0.2) is 11.5 Å². The van der Waals surface area contributed by atoms with Crippen LogP contribution in [0, 0.1) is 0 Å². The molecule has 0 aliphatic carbocycles. The summed E-state index contributed by atoms with van der Waals surface area (Å²) >= 11 is 0. The highest BCUT2D eigenvalue weighted by Crippen LogP contribution is 2.38. The first-order valence-electron chi connectivity index (χ1n) is 10.0. The van der Waals surface area contributed by atoms with Crippen molar-refractivity contribution in [3.05, 3.63) is 76.5 Å². The Morgan fingerprint density at radius 2 is 1.86 bits per heavy atom.